The van der Waals surface area contributed by atoms with E-state index in [1.54, 1.807) is 5.56 Å². The molecule has 2 aliphatic rings. The number of nitrogens with zero attached hydrogens (tertiary/aromatic N) is 1. The molecule has 4 rings (SSSR count). The van der Waals surface area contributed by atoms with Crippen LogP contribution < -0.4 is 0 Å². The molecule has 2 aromatic rings. The van der Waals surface area contributed by atoms with Crippen LogP contribution >= 0.6 is 0 Å². The van der Waals surface area contributed by atoms with E-state index in [0.717, 1.165) is 6.54 Å². The molecule has 1 heteroatoms. The molecule has 0 aliphatic carbocycles. The smallest absolute Gasteiger partial charge is 0.0345 e. The van der Waals surface area contributed by atoms with E-state index in [0.29, 0.717) is 0 Å². The third-order valence-corrected chi connectivity index (χ3v) is 4.60. The zero-order valence-electron chi connectivity index (χ0n) is 10.5. The zero-order valence-corrected chi connectivity index (χ0v) is 10.5. The van der Waals surface area contributed by atoms with Crippen molar-refractivity contribution in [2.75, 3.05) is 13.1 Å². The van der Waals surface area contributed by atoms with Crippen molar-refractivity contribution in [1.29, 1.82) is 0 Å². The Kier molecular flexibility index (Phi) is 2.12. The lowest BCUT2D eigenvalue weighted by Crippen LogP contribution is -2.37. The number of rotatable bonds is 1. The molecule has 0 spiro atoms. The number of fused-ring (bicyclic) bond motifs is 4. The fourth-order valence-electron chi connectivity index (χ4n) is 3.76. The Labute approximate surface area is 108 Å². The minimum Gasteiger partial charge on any atom is -0.298 e. The molecule has 18 heavy (non-hydrogen) atoms. The Balaban J connectivity index is 1.95. The lowest BCUT2D eigenvalue weighted by molar-refractivity contribution is 0.295. The average molecular weight is 235 g/mol. The molecule has 0 N–H and O–H groups in total. The van der Waals surface area contributed by atoms with Gasteiger partial charge in [-0.3, -0.25) is 4.90 Å². The van der Waals surface area contributed by atoms with Crippen LogP contribution in [-0.2, 0) is 12.0 Å². The minimum atomic E-state index is 0.246. The average Bonchev–Trinajstić information content (AvgIpc) is 2.80. The van der Waals surface area contributed by atoms with E-state index < -0.39 is 0 Å². The van der Waals surface area contributed by atoms with Crippen molar-refractivity contribution in [1.82, 2.24) is 4.90 Å². The van der Waals surface area contributed by atoms with Crippen molar-refractivity contribution >= 4 is 0 Å². The Morgan fingerprint density at radius 3 is 2.56 bits per heavy atom. The SMILES string of the molecule is c1ccc(C23CCN(Cc4ccccc42)C3)cc1. The van der Waals surface area contributed by atoms with Gasteiger partial charge in [-0.2, -0.15) is 0 Å². The van der Waals surface area contributed by atoms with Crippen molar-refractivity contribution < 1.29 is 0 Å². The normalized spacial score (nSPS) is 29.0. The Morgan fingerprint density at radius 2 is 1.67 bits per heavy atom. The van der Waals surface area contributed by atoms with Gasteiger partial charge in [0.05, 0.1) is 0 Å². The fourth-order valence-corrected chi connectivity index (χ4v) is 3.76. The quantitative estimate of drug-likeness (QED) is 0.733. The van der Waals surface area contributed by atoms with Crippen LogP contribution in [0.1, 0.15) is 23.1 Å². The van der Waals surface area contributed by atoms with E-state index >= 15 is 0 Å². The van der Waals surface area contributed by atoms with Gasteiger partial charge < -0.3 is 0 Å². The van der Waals surface area contributed by atoms with Gasteiger partial charge in [0.15, 0.2) is 0 Å². The molecule has 0 saturated carbocycles. The van der Waals surface area contributed by atoms with Gasteiger partial charge in [-0.15, -0.1) is 0 Å². The van der Waals surface area contributed by atoms with Gasteiger partial charge in [0.1, 0.15) is 0 Å². The van der Waals surface area contributed by atoms with Crippen molar-refractivity contribution in [3.63, 3.8) is 0 Å². The van der Waals surface area contributed by atoms with Crippen LogP contribution in [0.5, 0.6) is 0 Å². The van der Waals surface area contributed by atoms with Crippen LogP contribution in [0.2, 0.25) is 0 Å². The first-order valence-electron chi connectivity index (χ1n) is 6.75. The Morgan fingerprint density at radius 1 is 0.889 bits per heavy atom. The summed E-state index contributed by atoms with van der Waals surface area (Å²) in [5.74, 6) is 0. The predicted molar refractivity (Wildman–Crippen MR) is 73.6 cm³/mol. The number of hydrogen-bond acceptors (Lipinski definition) is 1. The summed E-state index contributed by atoms with van der Waals surface area (Å²) < 4.78 is 0. The summed E-state index contributed by atoms with van der Waals surface area (Å²) in [6, 6.07) is 20.0. The minimum absolute atomic E-state index is 0.246. The molecule has 1 saturated heterocycles. The second-order valence-electron chi connectivity index (χ2n) is 5.57. The maximum Gasteiger partial charge on any atom is 0.0345 e. The first-order valence-corrected chi connectivity index (χ1v) is 6.75. The predicted octanol–water partition coefficient (Wildman–Crippen LogP) is 3.19. The third-order valence-electron chi connectivity index (χ3n) is 4.60. The molecule has 2 aromatic carbocycles. The van der Waals surface area contributed by atoms with Crippen LogP contribution in [0.3, 0.4) is 0 Å². The highest BCUT2D eigenvalue weighted by Gasteiger charge is 2.45. The van der Waals surface area contributed by atoms with E-state index in [1.165, 1.54) is 30.6 Å². The van der Waals surface area contributed by atoms with E-state index in [-0.39, 0.29) is 5.41 Å². The Hall–Kier alpha value is -1.60. The summed E-state index contributed by atoms with van der Waals surface area (Å²) in [6.07, 6.45) is 1.26. The summed E-state index contributed by atoms with van der Waals surface area (Å²) in [5, 5.41) is 0. The fraction of sp³-hybridized carbons (Fsp3) is 0.294. The largest absolute Gasteiger partial charge is 0.298 e. The first-order chi connectivity index (χ1) is 8.88. The third kappa shape index (κ3) is 1.31. The number of benzene rings is 2. The van der Waals surface area contributed by atoms with Crippen molar-refractivity contribution in [2.45, 2.75) is 18.4 Å². The van der Waals surface area contributed by atoms with E-state index in [1.807, 2.05) is 0 Å². The molecule has 90 valence electrons. The molecule has 2 bridgehead atoms. The lowest BCUT2D eigenvalue weighted by Gasteiger charge is -2.37. The molecule has 0 radical (unpaired) electrons. The van der Waals surface area contributed by atoms with Gasteiger partial charge in [0.2, 0.25) is 0 Å². The van der Waals surface area contributed by atoms with Gasteiger partial charge in [-0.25, -0.2) is 0 Å². The molecule has 2 atom stereocenters. The van der Waals surface area contributed by atoms with Gasteiger partial charge in [0, 0.05) is 18.5 Å². The molecule has 2 unspecified atom stereocenters. The van der Waals surface area contributed by atoms with Crippen LogP contribution in [0.25, 0.3) is 0 Å². The second-order valence-corrected chi connectivity index (χ2v) is 5.57. The van der Waals surface area contributed by atoms with Crippen LogP contribution in [-0.4, -0.2) is 18.0 Å². The summed E-state index contributed by atoms with van der Waals surface area (Å²) in [7, 11) is 0. The van der Waals surface area contributed by atoms with Gasteiger partial charge in [-0.05, 0) is 29.7 Å². The molecule has 1 fully saturated rings. The first kappa shape index (κ1) is 10.3. The van der Waals surface area contributed by atoms with Gasteiger partial charge in [-0.1, -0.05) is 54.6 Å². The van der Waals surface area contributed by atoms with Crippen LogP contribution in [0.15, 0.2) is 54.6 Å². The summed E-state index contributed by atoms with van der Waals surface area (Å²) in [5.41, 5.74) is 4.81. The standard InChI is InChI=1S/C17H17N/c1-2-7-15(8-3-1)17-10-11-18(13-17)12-14-6-4-5-9-16(14)17/h1-9H,10-13H2. The highest BCUT2D eigenvalue weighted by Crippen LogP contribution is 2.46. The molecular formula is C17H17N. The van der Waals surface area contributed by atoms with Gasteiger partial charge >= 0.3 is 0 Å². The molecule has 0 amide bonds. The molecular weight excluding hydrogens is 218 g/mol. The van der Waals surface area contributed by atoms with E-state index in [2.05, 4.69) is 59.5 Å². The maximum absolute atomic E-state index is 2.59. The highest BCUT2D eigenvalue weighted by atomic mass is 15.2. The zero-order chi connectivity index (χ0) is 12.0. The Bertz CT molecular complexity index is 575. The summed E-state index contributed by atoms with van der Waals surface area (Å²) in [6.45, 7) is 3.54. The summed E-state index contributed by atoms with van der Waals surface area (Å²) in [4.78, 5) is 2.59. The van der Waals surface area contributed by atoms with Crippen LogP contribution in [0.4, 0.5) is 0 Å². The van der Waals surface area contributed by atoms with E-state index in [4.69, 9.17) is 0 Å². The summed E-state index contributed by atoms with van der Waals surface area (Å²) >= 11 is 0. The highest BCUT2D eigenvalue weighted by molar-refractivity contribution is 5.47. The molecule has 2 aliphatic heterocycles. The van der Waals surface area contributed by atoms with E-state index in [9.17, 15) is 0 Å². The van der Waals surface area contributed by atoms with Gasteiger partial charge in [0.25, 0.3) is 0 Å². The maximum atomic E-state index is 2.59. The number of hydrogen-bond donors (Lipinski definition) is 0. The van der Waals surface area contributed by atoms with Crippen molar-refractivity contribution in [3.05, 3.63) is 71.3 Å². The lowest BCUT2D eigenvalue weighted by atomic mass is 9.71. The van der Waals surface area contributed by atoms with Crippen molar-refractivity contribution in [2.24, 2.45) is 0 Å². The molecule has 2 heterocycles. The topological polar surface area (TPSA) is 3.24 Å². The monoisotopic (exact) mass is 235 g/mol. The van der Waals surface area contributed by atoms with Crippen LogP contribution in [0, 0.1) is 0 Å². The van der Waals surface area contributed by atoms with Crippen molar-refractivity contribution in [3.8, 4) is 0 Å². The second kappa shape index (κ2) is 3.69. The molecule has 1 nitrogen and oxygen atoms in total. The molecule has 0 aromatic heterocycles.